The van der Waals surface area contributed by atoms with Crippen LogP contribution >= 0.6 is 11.6 Å². The predicted octanol–water partition coefficient (Wildman–Crippen LogP) is 2.72. The minimum Gasteiger partial charge on any atom is -0.377 e. The van der Waals surface area contributed by atoms with Crippen LogP contribution in [0.15, 0.2) is 18.2 Å². The normalized spacial score (nSPS) is 10.9. The Labute approximate surface area is 106 Å². The van der Waals surface area contributed by atoms with Crippen LogP contribution in [0.2, 0.25) is 5.02 Å². The first-order valence-corrected chi connectivity index (χ1v) is 5.88. The van der Waals surface area contributed by atoms with Crippen LogP contribution < -0.4 is 10.6 Å². The van der Waals surface area contributed by atoms with Gasteiger partial charge in [-0.25, -0.2) is 0 Å². The summed E-state index contributed by atoms with van der Waals surface area (Å²) in [5.74, 6) is 0. The van der Waals surface area contributed by atoms with Gasteiger partial charge in [-0.15, -0.1) is 0 Å². The third-order valence-electron chi connectivity index (χ3n) is 2.90. The van der Waals surface area contributed by atoms with Gasteiger partial charge < -0.3 is 10.6 Å². The van der Waals surface area contributed by atoms with Gasteiger partial charge in [-0.05, 0) is 30.7 Å². The molecule has 2 aromatic rings. The maximum absolute atomic E-state index is 6.00. The second-order valence-corrected chi connectivity index (χ2v) is 4.73. The first kappa shape index (κ1) is 12.1. The minimum absolute atomic E-state index is 0.440. The first-order valence-electron chi connectivity index (χ1n) is 5.50. The highest BCUT2D eigenvalue weighted by atomic mass is 35.5. The summed E-state index contributed by atoms with van der Waals surface area (Å²) in [7, 11) is 4.05. The van der Waals surface area contributed by atoms with E-state index in [2.05, 4.69) is 16.8 Å². The first-order chi connectivity index (χ1) is 8.04. The van der Waals surface area contributed by atoms with Crippen LogP contribution in [0.3, 0.4) is 0 Å². The zero-order valence-corrected chi connectivity index (χ0v) is 11.0. The smallest absolute Gasteiger partial charge is 0.0741 e. The molecule has 0 radical (unpaired) electrons. The van der Waals surface area contributed by atoms with Crippen molar-refractivity contribution >= 4 is 28.2 Å². The van der Waals surface area contributed by atoms with E-state index in [-0.39, 0.29) is 0 Å². The van der Waals surface area contributed by atoms with E-state index >= 15 is 0 Å². The Kier molecular flexibility index (Phi) is 3.22. The molecule has 0 amide bonds. The summed E-state index contributed by atoms with van der Waals surface area (Å²) >= 11 is 6.00. The second-order valence-electron chi connectivity index (χ2n) is 4.29. The largest absolute Gasteiger partial charge is 0.377 e. The summed E-state index contributed by atoms with van der Waals surface area (Å²) in [6.45, 7) is 2.49. The molecule has 90 valence electrons. The molecule has 0 atom stereocenters. The number of halogens is 1. The van der Waals surface area contributed by atoms with E-state index in [1.165, 1.54) is 0 Å². The number of hydrogen-bond donors (Lipinski definition) is 1. The van der Waals surface area contributed by atoms with Crippen LogP contribution in [0.25, 0.3) is 10.9 Å². The molecule has 0 aliphatic rings. The van der Waals surface area contributed by atoms with E-state index in [0.717, 1.165) is 27.8 Å². The number of nitrogens with two attached hydrogens (primary N) is 1. The van der Waals surface area contributed by atoms with Crippen molar-refractivity contribution in [3.05, 3.63) is 34.5 Å². The van der Waals surface area contributed by atoms with Crippen LogP contribution in [0, 0.1) is 6.92 Å². The summed E-state index contributed by atoms with van der Waals surface area (Å²) in [5.41, 5.74) is 9.84. The molecule has 17 heavy (non-hydrogen) atoms. The summed E-state index contributed by atoms with van der Waals surface area (Å²) in [5, 5.41) is 1.80. The van der Waals surface area contributed by atoms with Gasteiger partial charge in [0.25, 0.3) is 0 Å². The molecule has 3 nitrogen and oxygen atoms in total. The van der Waals surface area contributed by atoms with E-state index in [1.807, 2.05) is 32.3 Å². The highest BCUT2D eigenvalue weighted by molar-refractivity contribution is 6.31. The summed E-state index contributed by atoms with van der Waals surface area (Å²) in [4.78, 5) is 6.65. The average molecular weight is 250 g/mol. The molecule has 0 saturated carbocycles. The van der Waals surface area contributed by atoms with Gasteiger partial charge >= 0.3 is 0 Å². The van der Waals surface area contributed by atoms with Crippen molar-refractivity contribution in [2.75, 3.05) is 19.0 Å². The Bertz CT molecular complexity index is 564. The molecule has 0 bridgehead atoms. The Balaban J connectivity index is 2.86. The molecule has 4 heteroatoms. The lowest BCUT2D eigenvalue weighted by molar-refractivity contribution is 0.974. The third-order valence-corrected chi connectivity index (χ3v) is 3.13. The predicted molar refractivity (Wildman–Crippen MR) is 73.7 cm³/mol. The Morgan fingerprint density at radius 1 is 1.35 bits per heavy atom. The zero-order valence-electron chi connectivity index (χ0n) is 10.3. The topological polar surface area (TPSA) is 42.1 Å². The lowest BCUT2D eigenvalue weighted by atomic mass is 10.1. The minimum atomic E-state index is 0.440. The molecule has 1 heterocycles. The quantitative estimate of drug-likeness (QED) is 0.890. The molecule has 1 aromatic carbocycles. The third kappa shape index (κ3) is 2.08. The van der Waals surface area contributed by atoms with Gasteiger partial charge in [-0.1, -0.05) is 11.6 Å². The van der Waals surface area contributed by atoms with Crippen LogP contribution in [-0.2, 0) is 6.54 Å². The van der Waals surface area contributed by atoms with Gasteiger partial charge in [0, 0.05) is 31.0 Å². The summed E-state index contributed by atoms with van der Waals surface area (Å²) in [6, 6.07) is 5.77. The number of anilines is 1. The van der Waals surface area contributed by atoms with E-state index in [4.69, 9.17) is 17.3 Å². The van der Waals surface area contributed by atoms with Crippen molar-refractivity contribution in [2.24, 2.45) is 5.73 Å². The van der Waals surface area contributed by atoms with E-state index in [1.54, 1.807) is 0 Å². The lowest BCUT2D eigenvalue weighted by Crippen LogP contribution is -2.14. The maximum Gasteiger partial charge on any atom is 0.0741 e. The number of fused-ring (bicyclic) bond motifs is 1. The van der Waals surface area contributed by atoms with Crippen molar-refractivity contribution in [3.8, 4) is 0 Å². The number of benzene rings is 1. The van der Waals surface area contributed by atoms with Crippen molar-refractivity contribution in [3.63, 3.8) is 0 Å². The van der Waals surface area contributed by atoms with Gasteiger partial charge in [0.05, 0.1) is 16.9 Å². The van der Waals surface area contributed by atoms with Crippen LogP contribution in [0.4, 0.5) is 5.69 Å². The molecule has 0 unspecified atom stereocenters. The van der Waals surface area contributed by atoms with Gasteiger partial charge in [-0.3, -0.25) is 4.98 Å². The van der Waals surface area contributed by atoms with Gasteiger partial charge in [0.1, 0.15) is 0 Å². The molecule has 2 rings (SSSR count). The lowest BCUT2D eigenvalue weighted by Gasteiger charge is -2.20. The SMILES string of the molecule is Cc1c(CN)nc2cc(Cl)ccc2c1N(C)C. The van der Waals surface area contributed by atoms with E-state index < -0.39 is 0 Å². The van der Waals surface area contributed by atoms with Crippen LogP contribution in [0.5, 0.6) is 0 Å². The van der Waals surface area contributed by atoms with Gasteiger partial charge in [-0.2, -0.15) is 0 Å². The fourth-order valence-corrected chi connectivity index (χ4v) is 2.31. The molecule has 0 fully saturated rings. The highest BCUT2D eigenvalue weighted by Crippen LogP contribution is 2.31. The Morgan fingerprint density at radius 2 is 2.06 bits per heavy atom. The van der Waals surface area contributed by atoms with Gasteiger partial charge in [0.2, 0.25) is 0 Å². The Hall–Kier alpha value is -1.32. The van der Waals surface area contributed by atoms with E-state index in [0.29, 0.717) is 11.6 Å². The van der Waals surface area contributed by atoms with Crippen LogP contribution in [-0.4, -0.2) is 19.1 Å². The fourth-order valence-electron chi connectivity index (χ4n) is 2.14. The van der Waals surface area contributed by atoms with Crippen molar-refractivity contribution in [1.82, 2.24) is 4.98 Å². The number of nitrogens with zero attached hydrogens (tertiary/aromatic N) is 2. The Morgan fingerprint density at radius 3 is 2.65 bits per heavy atom. The molecule has 1 aromatic heterocycles. The fraction of sp³-hybridized carbons (Fsp3) is 0.308. The van der Waals surface area contributed by atoms with Crippen LogP contribution in [0.1, 0.15) is 11.3 Å². The molecular formula is C13H16ClN3. The number of pyridine rings is 1. The molecule has 2 N–H and O–H groups in total. The summed E-state index contributed by atoms with van der Waals surface area (Å²) in [6.07, 6.45) is 0. The molecule has 0 saturated heterocycles. The molecule has 0 aliphatic carbocycles. The highest BCUT2D eigenvalue weighted by Gasteiger charge is 2.12. The number of hydrogen-bond acceptors (Lipinski definition) is 3. The van der Waals surface area contributed by atoms with Crippen molar-refractivity contribution in [1.29, 1.82) is 0 Å². The molecule has 0 aliphatic heterocycles. The summed E-state index contributed by atoms with van der Waals surface area (Å²) < 4.78 is 0. The maximum atomic E-state index is 6.00. The van der Waals surface area contributed by atoms with Crippen molar-refractivity contribution < 1.29 is 0 Å². The standard InChI is InChI=1S/C13H16ClN3/c1-8-12(7-15)16-11-6-9(14)4-5-10(11)13(8)17(2)3/h4-6H,7,15H2,1-3H3. The van der Waals surface area contributed by atoms with Gasteiger partial charge in [0.15, 0.2) is 0 Å². The average Bonchev–Trinajstić information content (AvgIpc) is 2.28. The van der Waals surface area contributed by atoms with E-state index in [9.17, 15) is 0 Å². The second kappa shape index (κ2) is 4.51. The molecular weight excluding hydrogens is 234 g/mol. The molecule has 0 spiro atoms. The number of rotatable bonds is 2. The zero-order chi connectivity index (χ0) is 12.6. The monoisotopic (exact) mass is 249 g/mol. The van der Waals surface area contributed by atoms with Crippen molar-refractivity contribution in [2.45, 2.75) is 13.5 Å². The number of aromatic nitrogens is 1.